The van der Waals surface area contributed by atoms with Crippen LogP contribution in [0.25, 0.3) is 11.2 Å². The predicted octanol–water partition coefficient (Wildman–Crippen LogP) is 9.85. The van der Waals surface area contributed by atoms with Crippen LogP contribution in [0.1, 0.15) is 81.9 Å². The third-order valence-corrected chi connectivity index (χ3v) is 12.4. The summed E-state index contributed by atoms with van der Waals surface area (Å²) in [5.74, 6) is 2.09. The number of hydrogen-bond acceptors (Lipinski definition) is 12. The average Bonchev–Trinajstić information content (AvgIpc) is 3.91. The monoisotopic (exact) mass is 857 g/mol. The van der Waals surface area contributed by atoms with Crippen molar-refractivity contribution in [3.63, 3.8) is 0 Å². The molecule has 1 fully saturated rings. The maximum atomic E-state index is 9.70. The van der Waals surface area contributed by atoms with Gasteiger partial charge in [-0.2, -0.15) is 5.26 Å². The Morgan fingerprint density at radius 1 is 0.855 bits per heavy atom. The number of nitrogens with one attached hydrogen (secondary N) is 2. The lowest BCUT2D eigenvalue weighted by atomic mass is 9.80. The lowest BCUT2D eigenvalue weighted by molar-refractivity contribution is -0.0908. The quantitative estimate of drug-likeness (QED) is 0.0557. The van der Waals surface area contributed by atoms with Crippen molar-refractivity contribution < 1.29 is 28.0 Å². The zero-order chi connectivity index (χ0) is 43.5. The number of benzene rings is 4. The fraction of sp³-hybridized carbons (Fsp3) is 0.375. The van der Waals surface area contributed by atoms with Crippen molar-refractivity contribution in [3.05, 3.63) is 144 Å². The number of nitriles is 1. The van der Waals surface area contributed by atoms with Gasteiger partial charge in [-0.3, -0.25) is 4.57 Å². The van der Waals surface area contributed by atoms with E-state index in [1.165, 1.54) is 0 Å². The zero-order valence-electron chi connectivity index (χ0n) is 36.2. The van der Waals surface area contributed by atoms with Gasteiger partial charge in [-0.1, -0.05) is 98.3 Å². The first-order valence-electron chi connectivity index (χ1n) is 21.0. The molecule has 1 saturated heterocycles. The molecule has 0 saturated carbocycles. The van der Waals surface area contributed by atoms with Gasteiger partial charge in [-0.15, -0.1) is 0 Å². The Bertz CT molecular complexity index is 2310. The van der Waals surface area contributed by atoms with Gasteiger partial charge in [0.25, 0.3) is 8.53 Å². The van der Waals surface area contributed by atoms with Crippen LogP contribution in [0, 0.1) is 11.3 Å². The Morgan fingerprint density at radius 2 is 1.48 bits per heavy atom. The van der Waals surface area contributed by atoms with Gasteiger partial charge < -0.3 is 33.3 Å². The molecule has 0 radical (unpaired) electrons. The molecule has 13 nitrogen and oxygen atoms in total. The smallest absolute Gasteiger partial charge is 0.256 e. The van der Waals surface area contributed by atoms with Crippen LogP contribution in [-0.2, 0) is 30.7 Å². The molecule has 1 aliphatic heterocycles. The number of rotatable bonds is 20. The Morgan fingerprint density at radius 3 is 2.08 bits per heavy atom. The molecule has 0 amide bonds. The fourth-order valence-corrected chi connectivity index (χ4v) is 9.23. The number of aromatic nitrogens is 4. The molecule has 2 N–H and O–H groups in total. The van der Waals surface area contributed by atoms with Gasteiger partial charge >= 0.3 is 0 Å². The predicted molar refractivity (Wildman–Crippen MR) is 241 cm³/mol. The number of nitrogens with zero attached hydrogens (tertiary/aromatic N) is 5. The summed E-state index contributed by atoms with van der Waals surface area (Å²) in [5, 5.41) is 16.7. The summed E-state index contributed by atoms with van der Waals surface area (Å²) in [4.78, 5) is 14.0. The molecule has 5 unspecified atom stereocenters. The number of methoxy groups -OCH3 is 2. The highest BCUT2D eigenvalue weighted by Crippen LogP contribution is 2.47. The van der Waals surface area contributed by atoms with Crippen LogP contribution in [0.5, 0.6) is 11.5 Å². The van der Waals surface area contributed by atoms with Crippen LogP contribution < -0.4 is 19.9 Å². The van der Waals surface area contributed by atoms with Gasteiger partial charge in [-0.05, 0) is 73.7 Å². The van der Waals surface area contributed by atoms with Crippen molar-refractivity contribution in [1.82, 2.24) is 24.6 Å². The summed E-state index contributed by atoms with van der Waals surface area (Å²) < 4.78 is 41.2. The Labute approximate surface area is 365 Å². The Balaban J connectivity index is 1.27. The topological polar surface area (TPSA) is 147 Å². The van der Waals surface area contributed by atoms with E-state index in [2.05, 4.69) is 78.4 Å². The van der Waals surface area contributed by atoms with Gasteiger partial charge in [0.1, 0.15) is 35.8 Å². The first-order chi connectivity index (χ1) is 30.1. The molecule has 4 aromatic carbocycles. The molecule has 7 rings (SSSR count). The third kappa shape index (κ3) is 10.6. The molecule has 62 heavy (non-hydrogen) atoms. The van der Waals surface area contributed by atoms with E-state index in [4.69, 9.17) is 33.0 Å². The Kier molecular flexibility index (Phi) is 14.8. The van der Waals surface area contributed by atoms with Crippen molar-refractivity contribution in [2.75, 3.05) is 26.1 Å². The molecule has 2 aromatic heterocycles. The minimum atomic E-state index is -1.70. The number of imidazole rings is 1. The molecule has 0 spiro atoms. The summed E-state index contributed by atoms with van der Waals surface area (Å²) in [6.07, 6.45) is 3.64. The maximum Gasteiger partial charge on any atom is 0.256 e. The minimum absolute atomic E-state index is 0.120. The normalized spacial score (nSPS) is 17.7. The average molecular weight is 858 g/mol. The molecule has 5 atom stereocenters. The number of fused-ring (bicyclic) bond motifs is 1. The van der Waals surface area contributed by atoms with Crippen molar-refractivity contribution in [3.8, 4) is 17.6 Å². The molecule has 0 bridgehead atoms. The van der Waals surface area contributed by atoms with Gasteiger partial charge in [0.2, 0.25) is 0 Å². The zero-order valence-corrected chi connectivity index (χ0v) is 37.1. The first-order valence-corrected chi connectivity index (χ1v) is 22.2. The van der Waals surface area contributed by atoms with E-state index in [0.717, 1.165) is 46.6 Å². The fourth-order valence-electron chi connectivity index (χ4n) is 7.61. The van der Waals surface area contributed by atoms with Crippen LogP contribution in [0.4, 0.5) is 5.82 Å². The van der Waals surface area contributed by atoms with Crippen molar-refractivity contribution >= 4 is 25.5 Å². The second-order valence-corrected chi connectivity index (χ2v) is 17.4. The highest BCUT2D eigenvalue weighted by Gasteiger charge is 2.45. The molecular formula is C48H56N7O6P. The van der Waals surface area contributed by atoms with E-state index in [1.54, 1.807) is 26.9 Å². The van der Waals surface area contributed by atoms with Gasteiger partial charge in [-0.25, -0.2) is 20.0 Å². The molecule has 3 heterocycles. The molecule has 6 aromatic rings. The van der Waals surface area contributed by atoms with Crippen molar-refractivity contribution in [1.29, 1.82) is 5.26 Å². The lowest BCUT2D eigenvalue weighted by Gasteiger charge is -2.37. The van der Waals surface area contributed by atoms with E-state index in [1.807, 2.05) is 89.5 Å². The summed E-state index contributed by atoms with van der Waals surface area (Å²) >= 11 is 0. The molecular weight excluding hydrogens is 802 g/mol. The van der Waals surface area contributed by atoms with E-state index < -0.39 is 32.6 Å². The van der Waals surface area contributed by atoms with Crippen LogP contribution in [0.3, 0.4) is 0 Å². The van der Waals surface area contributed by atoms with Crippen LogP contribution >= 0.6 is 8.53 Å². The van der Waals surface area contributed by atoms with Gasteiger partial charge in [0.15, 0.2) is 17.0 Å². The highest BCUT2D eigenvalue weighted by molar-refractivity contribution is 7.45. The van der Waals surface area contributed by atoms with Gasteiger partial charge in [0, 0.05) is 18.5 Å². The molecule has 14 heteroatoms. The van der Waals surface area contributed by atoms with Crippen LogP contribution in [0.2, 0.25) is 0 Å². The summed E-state index contributed by atoms with van der Waals surface area (Å²) in [7, 11) is 1.61. The third-order valence-electron chi connectivity index (χ3n) is 10.6. The molecule has 0 aliphatic carbocycles. The summed E-state index contributed by atoms with van der Waals surface area (Å²) in [5.41, 5.74) is 3.64. The summed E-state index contributed by atoms with van der Waals surface area (Å²) in [6, 6.07) is 38.5. The standard InChI is InChI=1S/C48H56N7O6P/c1-7-14-40(27-28-49)60-62(54-47(2,3)4)61-41-29-43(55-33-53-44-45(51-32-52-46(44)55)50-30-34-15-10-8-11-16-34)59-42(41)31-58-48(35-17-12-9-13-18-35,36-19-23-38(56-5)24-20-36)37-21-25-39(57-6)26-22-37/h8-13,15-26,32-33,40-43,54H,7,14,27,29-31H2,1-6H3,(H,50,51,52). The number of anilines is 1. The Hall–Kier alpha value is -5.45. The van der Waals surface area contributed by atoms with Crippen molar-refractivity contribution in [2.45, 2.75) is 95.6 Å². The van der Waals surface area contributed by atoms with Crippen LogP contribution in [0.15, 0.2) is 122 Å². The highest BCUT2D eigenvalue weighted by atomic mass is 31.2. The van der Waals surface area contributed by atoms with E-state index in [-0.39, 0.29) is 24.7 Å². The first kappa shape index (κ1) is 44.6. The molecule has 324 valence electrons. The second kappa shape index (κ2) is 20.6. The van der Waals surface area contributed by atoms with Crippen molar-refractivity contribution in [2.24, 2.45) is 0 Å². The maximum absolute atomic E-state index is 9.70. The van der Waals surface area contributed by atoms with E-state index in [0.29, 0.717) is 29.9 Å². The largest absolute Gasteiger partial charge is 0.497 e. The number of hydrogen-bond donors (Lipinski definition) is 2. The second-order valence-electron chi connectivity index (χ2n) is 16.2. The van der Waals surface area contributed by atoms with Gasteiger partial charge in [0.05, 0.1) is 51.9 Å². The van der Waals surface area contributed by atoms with Crippen LogP contribution in [-0.4, -0.2) is 64.2 Å². The SMILES string of the molecule is CCCC(CC#N)OP(NC(C)(C)C)OC1CC(n2cnc3c(NCc4ccccc4)ncnc32)OC1COC(c1ccccc1)(c1ccc(OC)cc1)c1ccc(OC)cc1. The van der Waals surface area contributed by atoms with E-state index >= 15 is 0 Å². The molecule has 1 aliphatic rings. The van der Waals surface area contributed by atoms with E-state index in [9.17, 15) is 5.26 Å². The summed E-state index contributed by atoms with van der Waals surface area (Å²) in [6.45, 7) is 9.00. The number of ether oxygens (including phenoxy) is 4. The minimum Gasteiger partial charge on any atom is -0.497 e. The lowest BCUT2D eigenvalue weighted by Crippen LogP contribution is -2.39.